The lowest BCUT2D eigenvalue weighted by Crippen LogP contribution is -2.11. The molecule has 2 atom stereocenters. The molecular formula is C4H5BrCl4. The molecule has 0 aromatic carbocycles. The molecule has 9 heavy (non-hydrogen) atoms. The third-order valence-electron chi connectivity index (χ3n) is 0.677. The molecule has 0 aliphatic carbocycles. The molecule has 0 radical (unpaired) electrons. The fraction of sp³-hybridized carbons (Fsp3) is 1.00. The van der Waals surface area contributed by atoms with Crippen LogP contribution >= 0.6 is 62.3 Å². The summed E-state index contributed by atoms with van der Waals surface area (Å²) in [5, 5.41) is -0.282. The highest BCUT2D eigenvalue weighted by Gasteiger charge is 2.16. The van der Waals surface area contributed by atoms with Crippen molar-refractivity contribution in [2.24, 2.45) is 0 Å². The molecule has 0 rings (SSSR count). The largest absolute Gasteiger partial charge is 0.124 e. The maximum atomic E-state index is 5.63. The van der Waals surface area contributed by atoms with Gasteiger partial charge in [0.05, 0.1) is 9.66 Å². The molecule has 5 heteroatoms. The van der Waals surface area contributed by atoms with E-state index in [1.165, 1.54) is 0 Å². The summed E-state index contributed by atoms with van der Waals surface area (Å²) >= 11 is 25.1. The second kappa shape index (κ2) is 5.31. The third-order valence-corrected chi connectivity index (χ3v) is 2.53. The molecule has 0 nitrogen and oxygen atoms in total. The Kier molecular flexibility index (Phi) is 6.28. The lowest BCUT2D eigenvalue weighted by Gasteiger charge is -2.09. The van der Waals surface area contributed by atoms with E-state index in [1.54, 1.807) is 0 Å². The van der Waals surface area contributed by atoms with Gasteiger partial charge in [-0.1, -0.05) is 15.9 Å². The first kappa shape index (κ1) is 10.6. The lowest BCUT2D eigenvalue weighted by molar-refractivity contribution is 0.857. The van der Waals surface area contributed by atoms with Crippen LogP contribution in [0.25, 0.3) is 0 Å². The molecule has 0 aromatic heterocycles. The predicted octanol–water partition coefficient (Wildman–Crippen LogP) is 3.75. The quantitative estimate of drug-likeness (QED) is 0.688. The average Bonchev–Trinajstić information content (AvgIpc) is 1.63. The van der Waals surface area contributed by atoms with Crippen LogP contribution in [0, 0.1) is 0 Å². The Labute approximate surface area is 82.9 Å². The molecule has 0 amide bonds. The van der Waals surface area contributed by atoms with Crippen molar-refractivity contribution in [2.45, 2.75) is 20.9 Å². The van der Waals surface area contributed by atoms with E-state index >= 15 is 0 Å². The molecule has 0 saturated carbocycles. The number of rotatable bonds is 3. The van der Waals surface area contributed by atoms with Gasteiger partial charge in [-0.15, -0.1) is 46.4 Å². The molecule has 0 fully saturated rings. The standard InChI is InChI=1S/C4H5BrCl4/c5-3(7)1-2(6)4(8)9/h2-4H,1H2. The molecule has 0 aliphatic rings. The fourth-order valence-corrected chi connectivity index (χ4v) is 1.56. The van der Waals surface area contributed by atoms with E-state index in [0.29, 0.717) is 6.42 Å². The molecule has 0 N–H and O–H groups in total. The van der Waals surface area contributed by atoms with E-state index in [4.69, 9.17) is 46.4 Å². The van der Waals surface area contributed by atoms with Crippen LogP contribution in [0.1, 0.15) is 6.42 Å². The Morgan fingerprint density at radius 3 is 1.67 bits per heavy atom. The van der Waals surface area contributed by atoms with Crippen molar-refractivity contribution in [1.29, 1.82) is 0 Å². The van der Waals surface area contributed by atoms with Gasteiger partial charge in [-0.2, -0.15) is 0 Å². The molecule has 0 spiro atoms. The molecule has 0 bridgehead atoms. The molecule has 0 saturated heterocycles. The van der Waals surface area contributed by atoms with Crippen LogP contribution in [-0.2, 0) is 0 Å². The van der Waals surface area contributed by atoms with Crippen LogP contribution in [0.4, 0.5) is 0 Å². The monoisotopic (exact) mass is 272 g/mol. The Morgan fingerprint density at radius 1 is 1.11 bits per heavy atom. The van der Waals surface area contributed by atoms with Gasteiger partial charge >= 0.3 is 0 Å². The van der Waals surface area contributed by atoms with E-state index in [2.05, 4.69) is 15.9 Å². The Morgan fingerprint density at radius 2 is 1.56 bits per heavy atom. The lowest BCUT2D eigenvalue weighted by atomic mass is 10.4. The van der Waals surface area contributed by atoms with Crippen LogP contribution in [0.15, 0.2) is 0 Å². The van der Waals surface area contributed by atoms with Crippen LogP contribution < -0.4 is 0 Å². The first-order chi connectivity index (χ1) is 4.04. The van der Waals surface area contributed by atoms with Gasteiger partial charge in [0.25, 0.3) is 0 Å². The highest BCUT2D eigenvalue weighted by molar-refractivity contribution is 9.10. The van der Waals surface area contributed by atoms with E-state index in [0.717, 1.165) is 0 Å². The van der Waals surface area contributed by atoms with E-state index in [9.17, 15) is 0 Å². The smallest absolute Gasteiger partial charge is 0.120 e. The topological polar surface area (TPSA) is 0 Å². The summed E-state index contributed by atoms with van der Waals surface area (Å²) in [5.41, 5.74) is 0. The Balaban J connectivity index is 3.38. The number of alkyl halides is 5. The average molecular weight is 275 g/mol. The SMILES string of the molecule is ClC(Br)CC(Cl)C(Cl)Cl. The zero-order valence-electron chi connectivity index (χ0n) is 4.33. The van der Waals surface area contributed by atoms with Gasteiger partial charge in [-0.25, -0.2) is 0 Å². The van der Waals surface area contributed by atoms with Crippen LogP contribution in [0.3, 0.4) is 0 Å². The molecule has 0 heterocycles. The maximum Gasteiger partial charge on any atom is 0.124 e. The molecule has 2 unspecified atom stereocenters. The molecule has 56 valence electrons. The van der Waals surface area contributed by atoms with Gasteiger partial charge in [0.2, 0.25) is 0 Å². The maximum absolute atomic E-state index is 5.63. The molecule has 0 aliphatic heterocycles. The van der Waals surface area contributed by atoms with Crippen molar-refractivity contribution in [1.82, 2.24) is 0 Å². The predicted molar refractivity (Wildman–Crippen MR) is 48.3 cm³/mol. The van der Waals surface area contributed by atoms with E-state index in [1.807, 2.05) is 0 Å². The summed E-state index contributed by atoms with van der Waals surface area (Å²) in [6.45, 7) is 0. The summed E-state index contributed by atoms with van der Waals surface area (Å²) in [6.07, 6.45) is 0.556. The normalized spacial score (nSPS) is 18.0. The third kappa shape index (κ3) is 6.05. The van der Waals surface area contributed by atoms with Crippen molar-refractivity contribution in [2.75, 3.05) is 0 Å². The number of hydrogen-bond donors (Lipinski definition) is 0. The minimum Gasteiger partial charge on any atom is -0.120 e. The summed E-state index contributed by atoms with van der Waals surface area (Å²) in [6, 6.07) is 0. The van der Waals surface area contributed by atoms with Gasteiger partial charge < -0.3 is 0 Å². The first-order valence-electron chi connectivity index (χ1n) is 2.24. The second-order valence-electron chi connectivity index (χ2n) is 1.48. The van der Waals surface area contributed by atoms with E-state index < -0.39 is 4.84 Å². The highest BCUT2D eigenvalue weighted by Crippen LogP contribution is 2.23. The Bertz CT molecular complexity index is 75.0. The van der Waals surface area contributed by atoms with Gasteiger partial charge in [-0.3, -0.25) is 0 Å². The zero-order valence-corrected chi connectivity index (χ0v) is 8.94. The van der Waals surface area contributed by atoms with Gasteiger partial charge in [0.1, 0.15) is 4.84 Å². The van der Waals surface area contributed by atoms with Crippen molar-refractivity contribution in [3.63, 3.8) is 0 Å². The minimum absolute atomic E-state index is 0.153. The zero-order chi connectivity index (χ0) is 7.44. The van der Waals surface area contributed by atoms with Crippen molar-refractivity contribution < 1.29 is 0 Å². The van der Waals surface area contributed by atoms with Gasteiger partial charge in [-0.05, 0) is 6.42 Å². The highest BCUT2D eigenvalue weighted by atomic mass is 79.9. The summed E-state index contributed by atoms with van der Waals surface area (Å²) < 4.78 is -0.153. The Hall–Kier alpha value is 1.64. The molecule has 0 aromatic rings. The summed E-state index contributed by atoms with van der Waals surface area (Å²) in [5.74, 6) is 0. The summed E-state index contributed by atoms with van der Waals surface area (Å²) in [4.78, 5) is -0.550. The minimum atomic E-state index is -0.550. The summed E-state index contributed by atoms with van der Waals surface area (Å²) in [7, 11) is 0. The van der Waals surface area contributed by atoms with Crippen LogP contribution in [0.2, 0.25) is 0 Å². The second-order valence-corrected chi connectivity index (χ2v) is 5.36. The fourth-order valence-electron chi connectivity index (χ4n) is 0.273. The van der Waals surface area contributed by atoms with Crippen molar-refractivity contribution in [3.05, 3.63) is 0 Å². The number of hydrogen-bond acceptors (Lipinski definition) is 0. The van der Waals surface area contributed by atoms with Gasteiger partial charge in [0, 0.05) is 0 Å². The van der Waals surface area contributed by atoms with Crippen LogP contribution in [0.5, 0.6) is 0 Å². The van der Waals surface area contributed by atoms with E-state index in [-0.39, 0.29) is 9.66 Å². The first-order valence-corrected chi connectivity index (χ1v) is 4.90. The van der Waals surface area contributed by atoms with Crippen molar-refractivity contribution in [3.8, 4) is 0 Å². The van der Waals surface area contributed by atoms with Crippen LogP contribution in [-0.4, -0.2) is 14.5 Å². The van der Waals surface area contributed by atoms with Gasteiger partial charge in [0.15, 0.2) is 0 Å². The number of halogens is 5. The molecular weight excluding hydrogens is 270 g/mol. The van der Waals surface area contributed by atoms with Crippen molar-refractivity contribution >= 4 is 62.3 Å².